The molecule has 0 N–H and O–H groups in total. The van der Waals surface area contributed by atoms with Gasteiger partial charge in [0.25, 0.3) is 5.91 Å². The molecule has 0 spiro atoms. The summed E-state index contributed by atoms with van der Waals surface area (Å²) in [4.78, 5) is 29.5. The van der Waals surface area contributed by atoms with E-state index in [4.69, 9.17) is 0 Å². The molecule has 0 bridgehead atoms. The van der Waals surface area contributed by atoms with Gasteiger partial charge in [-0.1, -0.05) is 6.07 Å². The highest BCUT2D eigenvalue weighted by molar-refractivity contribution is 8.00. The molecule has 2 aromatic rings. The quantitative estimate of drug-likeness (QED) is 0.716. The Morgan fingerprint density at radius 1 is 0.862 bits per heavy atom. The Labute approximate surface area is 172 Å². The van der Waals surface area contributed by atoms with Crippen LogP contribution in [0, 0.1) is 11.6 Å². The molecular formula is C22H22F2N2O2S. The van der Waals surface area contributed by atoms with Crippen molar-refractivity contribution in [1.82, 2.24) is 9.80 Å². The molecule has 1 saturated heterocycles. The van der Waals surface area contributed by atoms with Crippen LogP contribution in [0.3, 0.4) is 0 Å². The molecule has 0 atom stereocenters. The van der Waals surface area contributed by atoms with Crippen LogP contribution in [0.4, 0.5) is 8.78 Å². The third-order valence-corrected chi connectivity index (χ3v) is 6.50. The van der Waals surface area contributed by atoms with E-state index in [0.29, 0.717) is 31.9 Å². The van der Waals surface area contributed by atoms with Crippen LogP contribution in [0.25, 0.3) is 0 Å². The van der Waals surface area contributed by atoms with Crippen molar-refractivity contribution >= 4 is 23.6 Å². The smallest absolute Gasteiger partial charge is 0.254 e. The standard InChI is InChI=1S/C22H22F2N2O2S/c23-19-7-5-17(13-20(19)24)22(28)26-10-8-25(9-11-26)21(27)14-29-18-6-4-15-2-1-3-16(15)12-18/h4-7,12-13H,1-3,8-11,14H2. The van der Waals surface area contributed by atoms with E-state index >= 15 is 0 Å². The van der Waals surface area contributed by atoms with Gasteiger partial charge >= 0.3 is 0 Å². The first-order valence-electron chi connectivity index (χ1n) is 9.78. The molecule has 2 aliphatic rings. The Hall–Kier alpha value is -2.41. The number of piperazine rings is 1. The lowest BCUT2D eigenvalue weighted by atomic mass is 10.1. The van der Waals surface area contributed by atoms with Crippen LogP contribution < -0.4 is 0 Å². The number of benzene rings is 2. The number of thioether (sulfide) groups is 1. The number of carbonyl (C=O) groups is 2. The van der Waals surface area contributed by atoms with E-state index in [1.54, 1.807) is 21.6 Å². The van der Waals surface area contributed by atoms with E-state index in [9.17, 15) is 18.4 Å². The van der Waals surface area contributed by atoms with E-state index < -0.39 is 11.6 Å². The van der Waals surface area contributed by atoms with Crippen LogP contribution in [0.2, 0.25) is 0 Å². The lowest BCUT2D eigenvalue weighted by Gasteiger charge is -2.34. The van der Waals surface area contributed by atoms with Gasteiger partial charge in [-0.25, -0.2) is 8.78 Å². The largest absolute Gasteiger partial charge is 0.338 e. The number of hydrogen-bond acceptors (Lipinski definition) is 3. The summed E-state index contributed by atoms with van der Waals surface area (Å²) in [6, 6.07) is 9.60. The van der Waals surface area contributed by atoms with Gasteiger partial charge in [-0.05, 0) is 60.7 Å². The molecule has 2 aromatic carbocycles. The second-order valence-corrected chi connectivity index (χ2v) is 8.42. The first-order chi connectivity index (χ1) is 14.0. The van der Waals surface area contributed by atoms with Gasteiger partial charge in [-0.2, -0.15) is 0 Å². The second-order valence-electron chi connectivity index (χ2n) is 7.37. The minimum absolute atomic E-state index is 0.0513. The van der Waals surface area contributed by atoms with Crippen LogP contribution in [-0.4, -0.2) is 53.5 Å². The van der Waals surface area contributed by atoms with Crippen molar-refractivity contribution in [2.24, 2.45) is 0 Å². The fraction of sp³-hybridized carbons (Fsp3) is 0.364. The monoisotopic (exact) mass is 416 g/mol. The molecule has 1 fully saturated rings. The van der Waals surface area contributed by atoms with E-state index in [2.05, 4.69) is 18.2 Å². The van der Waals surface area contributed by atoms with Crippen LogP contribution >= 0.6 is 11.8 Å². The number of rotatable bonds is 4. The third-order valence-electron chi connectivity index (χ3n) is 5.52. The summed E-state index contributed by atoms with van der Waals surface area (Å²) in [7, 11) is 0. The lowest BCUT2D eigenvalue weighted by molar-refractivity contribution is -0.129. The first-order valence-corrected chi connectivity index (χ1v) is 10.8. The predicted octanol–water partition coefficient (Wildman–Crippen LogP) is 3.53. The average Bonchev–Trinajstić information content (AvgIpc) is 3.21. The normalized spacial score (nSPS) is 16.1. The van der Waals surface area contributed by atoms with Gasteiger partial charge in [0.05, 0.1) is 5.75 Å². The Morgan fingerprint density at radius 2 is 1.59 bits per heavy atom. The van der Waals surface area contributed by atoms with Crippen molar-refractivity contribution in [1.29, 1.82) is 0 Å². The molecule has 4 rings (SSSR count). The number of aryl methyl sites for hydroxylation is 2. The molecule has 0 aromatic heterocycles. The summed E-state index contributed by atoms with van der Waals surface area (Å²) in [6.45, 7) is 1.65. The van der Waals surface area contributed by atoms with E-state index in [1.165, 1.54) is 23.6 Å². The summed E-state index contributed by atoms with van der Waals surface area (Å²) in [5, 5.41) is 0. The molecule has 152 valence electrons. The third kappa shape index (κ3) is 4.45. The van der Waals surface area contributed by atoms with Crippen LogP contribution in [0.1, 0.15) is 27.9 Å². The highest BCUT2D eigenvalue weighted by atomic mass is 32.2. The lowest BCUT2D eigenvalue weighted by Crippen LogP contribution is -2.51. The van der Waals surface area contributed by atoms with Crippen LogP contribution in [-0.2, 0) is 17.6 Å². The van der Waals surface area contributed by atoms with Gasteiger partial charge in [0.15, 0.2) is 11.6 Å². The topological polar surface area (TPSA) is 40.6 Å². The average molecular weight is 416 g/mol. The molecule has 1 heterocycles. The second kappa shape index (κ2) is 8.53. The highest BCUT2D eigenvalue weighted by Crippen LogP contribution is 2.27. The molecule has 0 radical (unpaired) electrons. The maximum atomic E-state index is 13.4. The van der Waals surface area contributed by atoms with Crippen molar-refractivity contribution < 1.29 is 18.4 Å². The molecule has 0 unspecified atom stereocenters. The molecule has 29 heavy (non-hydrogen) atoms. The zero-order valence-corrected chi connectivity index (χ0v) is 16.8. The number of nitrogens with zero attached hydrogens (tertiary/aromatic N) is 2. The maximum absolute atomic E-state index is 13.4. The molecule has 1 aliphatic carbocycles. The maximum Gasteiger partial charge on any atom is 0.254 e. The Kier molecular flexibility index (Phi) is 5.85. The molecule has 7 heteroatoms. The zero-order valence-electron chi connectivity index (χ0n) is 16.0. The molecule has 4 nitrogen and oxygen atoms in total. The van der Waals surface area contributed by atoms with Crippen LogP contribution in [0.5, 0.6) is 0 Å². The minimum Gasteiger partial charge on any atom is -0.338 e. The van der Waals surface area contributed by atoms with Crippen molar-refractivity contribution in [3.63, 3.8) is 0 Å². The van der Waals surface area contributed by atoms with Gasteiger partial charge in [-0.15, -0.1) is 11.8 Å². The van der Waals surface area contributed by atoms with E-state index in [-0.39, 0.29) is 17.4 Å². The Bertz CT molecular complexity index is 942. The van der Waals surface area contributed by atoms with Crippen molar-refractivity contribution in [2.75, 3.05) is 31.9 Å². The molecule has 2 amide bonds. The first kappa shape index (κ1) is 19.9. The van der Waals surface area contributed by atoms with Gasteiger partial charge in [0.1, 0.15) is 0 Å². The summed E-state index contributed by atoms with van der Waals surface area (Å²) >= 11 is 1.55. The van der Waals surface area contributed by atoms with Crippen LogP contribution in [0.15, 0.2) is 41.3 Å². The summed E-state index contributed by atoms with van der Waals surface area (Å²) < 4.78 is 26.4. The van der Waals surface area contributed by atoms with Gasteiger partial charge < -0.3 is 9.80 Å². The Morgan fingerprint density at radius 3 is 2.34 bits per heavy atom. The van der Waals surface area contributed by atoms with Gasteiger partial charge in [0, 0.05) is 36.6 Å². The van der Waals surface area contributed by atoms with Crippen molar-refractivity contribution in [2.45, 2.75) is 24.2 Å². The highest BCUT2D eigenvalue weighted by Gasteiger charge is 2.25. The fourth-order valence-corrected chi connectivity index (χ4v) is 4.71. The molecular weight excluding hydrogens is 394 g/mol. The van der Waals surface area contributed by atoms with Gasteiger partial charge in [0.2, 0.25) is 5.91 Å². The minimum atomic E-state index is -1.03. The number of fused-ring (bicyclic) bond motifs is 1. The van der Waals surface area contributed by atoms with Gasteiger partial charge in [-0.3, -0.25) is 9.59 Å². The SMILES string of the molecule is O=C(CSc1ccc2c(c1)CCC2)N1CCN(C(=O)c2ccc(F)c(F)c2)CC1. The van der Waals surface area contributed by atoms with Crippen molar-refractivity contribution in [3.8, 4) is 0 Å². The number of carbonyl (C=O) groups excluding carboxylic acids is 2. The number of hydrogen-bond donors (Lipinski definition) is 0. The van der Waals surface area contributed by atoms with Crippen molar-refractivity contribution in [3.05, 3.63) is 64.7 Å². The fourth-order valence-electron chi connectivity index (χ4n) is 3.85. The Balaban J connectivity index is 1.28. The predicted molar refractivity (Wildman–Crippen MR) is 108 cm³/mol. The van der Waals surface area contributed by atoms with E-state index in [0.717, 1.165) is 29.9 Å². The summed E-state index contributed by atoms with van der Waals surface area (Å²) in [6.07, 6.45) is 3.47. The van der Waals surface area contributed by atoms with E-state index in [1.807, 2.05) is 0 Å². The zero-order chi connectivity index (χ0) is 20.4. The number of amides is 2. The molecule has 0 saturated carbocycles. The number of halogens is 2. The summed E-state index contributed by atoms with van der Waals surface area (Å²) in [5.74, 6) is -1.93. The molecule has 1 aliphatic heterocycles. The summed E-state index contributed by atoms with van der Waals surface area (Å²) in [5.41, 5.74) is 2.94.